The fourth-order valence-electron chi connectivity index (χ4n) is 3.62. The molecule has 0 atom stereocenters. The maximum Gasteiger partial charge on any atom is 0.410 e. The molecule has 3 aromatic heterocycles. The van der Waals surface area contributed by atoms with Crippen molar-refractivity contribution in [2.45, 2.75) is 45.3 Å². The first kappa shape index (κ1) is 17.5. The summed E-state index contributed by atoms with van der Waals surface area (Å²) < 4.78 is 7.27. The molecule has 1 N–H and O–H groups in total. The van der Waals surface area contributed by atoms with Crippen LogP contribution < -0.4 is 5.56 Å². The first-order chi connectivity index (χ1) is 12.8. The zero-order valence-corrected chi connectivity index (χ0v) is 15.7. The van der Waals surface area contributed by atoms with Gasteiger partial charge in [-0.2, -0.15) is 0 Å². The van der Waals surface area contributed by atoms with E-state index in [2.05, 4.69) is 15.0 Å². The summed E-state index contributed by atoms with van der Waals surface area (Å²) in [4.78, 5) is 38.4. The van der Waals surface area contributed by atoms with Crippen LogP contribution in [-0.2, 0) is 4.74 Å². The Labute approximate surface area is 156 Å². The van der Waals surface area contributed by atoms with Crippen LogP contribution >= 0.6 is 0 Å². The van der Waals surface area contributed by atoms with Gasteiger partial charge in [0.25, 0.3) is 5.56 Å². The number of likely N-dealkylation sites (tertiary alicyclic amines) is 1. The summed E-state index contributed by atoms with van der Waals surface area (Å²) in [5, 5.41) is 0.882. The molecule has 0 bridgehead atoms. The zero-order valence-electron chi connectivity index (χ0n) is 15.7. The molecule has 8 heteroatoms. The normalized spacial score (nSPS) is 16.2. The zero-order chi connectivity index (χ0) is 19.2. The van der Waals surface area contributed by atoms with Crippen LogP contribution in [0.3, 0.4) is 0 Å². The van der Waals surface area contributed by atoms with Gasteiger partial charge in [0.1, 0.15) is 16.8 Å². The highest BCUT2D eigenvalue weighted by Gasteiger charge is 2.29. The van der Waals surface area contributed by atoms with Gasteiger partial charge in [-0.3, -0.25) is 4.79 Å². The molecule has 0 aromatic carbocycles. The minimum Gasteiger partial charge on any atom is -0.444 e. The molecule has 1 aliphatic rings. The highest BCUT2D eigenvalue weighted by Crippen LogP contribution is 2.28. The van der Waals surface area contributed by atoms with Crippen molar-refractivity contribution in [2.24, 2.45) is 0 Å². The van der Waals surface area contributed by atoms with Gasteiger partial charge in [0.15, 0.2) is 0 Å². The average molecular weight is 369 g/mol. The summed E-state index contributed by atoms with van der Waals surface area (Å²) in [5.74, 6) is 0. The molecular formula is C19H23N5O3. The topological polar surface area (TPSA) is 93.1 Å². The lowest BCUT2D eigenvalue weighted by Gasteiger charge is -2.34. The van der Waals surface area contributed by atoms with Crippen LogP contribution in [0, 0.1) is 0 Å². The molecule has 0 spiro atoms. The lowest BCUT2D eigenvalue weighted by atomic mass is 10.0. The van der Waals surface area contributed by atoms with E-state index in [1.807, 2.05) is 37.6 Å². The number of aromatic amines is 1. The third-order valence-corrected chi connectivity index (χ3v) is 4.81. The number of nitrogens with one attached hydrogen (secondary N) is 1. The van der Waals surface area contributed by atoms with Crippen molar-refractivity contribution < 1.29 is 9.53 Å². The number of H-pyrrole nitrogens is 1. The maximum absolute atomic E-state index is 12.7. The lowest BCUT2D eigenvalue weighted by molar-refractivity contribution is 0.0189. The molecule has 27 heavy (non-hydrogen) atoms. The second-order valence-corrected chi connectivity index (χ2v) is 7.90. The number of amides is 1. The minimum absolute atomic E-state index is 0.00202. The molecule has 8 nitrogen and oxygen atoms in total. The minimum atomic E-state index is -0.515. The van der Waals surface area contributed by atoms with Crippen LogP contribution in [-0.4, -0.2) is 49.2 Å². The van der Waals surface area contributed by atoms with Gasteiger partial charge >= 0.3 is 6.09 Å². The Balaban J connectivity index is 1.65. The van der Waals surface area contributed by atoms with E-state index < -0.39 is 5.60 Å². The molecule has 1 fully saturated rings. The number of rotatable bonds is 1. The number of nitrogens with zero attached hydrogens (tertiary/aromatic N) is 4. The molecule has 1 saturated heterocycles. The second kappa shape index (κ2) is 6.37. The van der Waals surface area contributed by atoms with Gasteiger partial charge in [-0.15, -0.1) is 0 Å². The van der Waals surface area contributed by atoms with Gasteiger partial charge < -0.3 is 19.2 Å². The van der Waals surface area contributed by atoms with E-state index in [1.165, 1.54) is 6.20 Å². The maximum atomic E-state index is 12.7. The Hall–Kier alpha value is -2.90. The number of carbonyl (C=O) groups excluding carboxylic acids is 1. The third-order valence-electron chi connectivity index (χ3n) is 4.81. The monoisotopic (exact) mass is 369 g/mol. The predicted octanol–water partition coefficient (Wildman–Crippen LogP) is 2.84. The highest BCUT2D eigenvalue weighted by atomic mass is 16.6. The van der Waals surface area contributed by atoms with Gasteiger partial charge in [-0.05, 0) is 39.7 Å². The van der Waals surface area contributed by atoms with Gasteiger partial charge in [0.05, 0.1) is 17.9 Å². The van der Waals surface area contributed by atoms with Crippen molar-refractivity contribution in [1.82, 2.24) is 24.4 Å². The molecule has 1 amide bonds. The van der Waals surface area contributed by atoms with E-state index in [-0.39, 0.29) is 17.7 Å². The van der Waals surface area contributed by atoms with Crippen molar-refractivity contribution >= 4 is 28.2 Å². The highest BCUT2D eigenvalue weighted by molar-refractivity contribution is 6.00. The molecule has 0 unspecified atom stereocenters. The van der Waals surface area contributed by atoms with Gasteiger partial charge in [0.2, 0.25) is 0 Å². The smallest absolute Gasteiger partial charge is 0.410 e. The third kappa shape index (κ3) is 3.27. The van der Waals surface area contributed by atoms with Gasteiger partial charge in [-0.25, -0.2) is 14.8 Å². The molecule has 0 saturated carbocycles. The van der Waals surface area contributed by atoms with Crippen LogP contribution in [0.25, 0.3) is 22.1 Å². The summed E-state index contributed by atoms with van der Waals surface area (Å²) in [6.45, 7) is 6.68. The molecule has 4 heterocycles. The largest absolute Gasteiger partial charge is 0.444 e. The Morgan fingerprint density at radius 1 is 1.22 bits per heavy atom. The van der Waals surface area contributed by atoms with E-state index in [4.69, 9.17) is 4.74 Å². The van der Waals surface area contributed by atoms with E-state index >= 15 is 0 Å². The molecule has 0 aliphatic carbocycles. The number of hydrogen-bond acceptors (Lipinski definition) is 5. The van der Waals surface area contributed by atoms with Gasteiger partial charge in [0, 0.05) is 30.7 Å². The number of pyridine rings is 1. The average Bonchev–Trinajstić information content (AvgIpc) is 3.09. The molecular weight excluding hydrogens is 346 g/mol. The summed E-state index contributed by atoms with van der Waals surface area (Å²) in [6, 6.07) is 1.92. The van der Waals surface area contributed by atoms with E-state index in [9.17, 15) is 9.59 Å². The Morgan fingerprint density at radius 2 is 1.96 bits per heavy atom. The van der Waals surface area contributed by atoms with Crippen LogP contribution in [0.4, 0.5) is 4.79 Å². The summed E-state index contributed by atoms with van der Waals surface area (Å²) >= 11 is 0. The standard InChI is InChI=1S/C19H23N5O3/c1-19(2,3)27-18(26)23-8-5-12(6-9-23)24-15(25)11-21-14-10-22-17-13(16(14)24)4-7-20-17/h4,7,10-12H,5-6,8-9H2,1-3H3,(H,20,22). The number of piperidine rings is 1. The van der Waals surface area contributed by atoms with Crippen molar-refractivity contribution in [1.29, 1.82) is 0 Å². The van der Waals surface area contributed by atoms with E-state index in [0.29, 0.717) is 31.4 Å². The fourth-order valence-corrected chi connectivity index (χ4v) is 3.62. The number of fused-ring (bicyclic) bond motifs is 3. The SMILES string of the molecule is CC(C)(C)OC(=O)N1CCC(n2c(=O)cnc3cnc4[nH]ccc4c32)CC1. The lowest BCUT2D eigenvalue weighted by Crippen LogP contribution is -2.43. The Kier molecular flexibility index (Phi) is 4.13. The quantitative estimate of drug-likeness (QED) is 0.712. The summed E-state index contributed by atoms with van der Waals surface area (Å²) in [7, 11) is 0. The summed E-state index contributed by atoms with van der Waals surface area (Å²) in [5.41, 5.74) is 1.57. The fraction of sp³-hybridized carbons (Fsp3) is 0.474. The number of aromatic nitrogens is 4. The van der Waals surface area contributed by atoms with Crippen LogP contribution in [0.5, 0.6) is 0 Å². The number of hydrogen-bond donors (Lipinski definition) is 1. The summed E-state index contributed by atoms with van der Waals surface area (Å²) in [6.07, 6.45) is 5.91. The molecule has 3 aromatic rings. The number of carbonyl (C=O) groups is 1. The van der Waals surface area contributed by atoms with E-state index in [0.717, 1.165) is 16.6 Å². The first-order valence-corrected chi connectivity index (χ1v) is 9.15. The van der Waals surface area contributed by atoms with Gasteiger partial charge in [-0.1, -0.05) is 0 Å². The van der Waals surface area contributed by atoms with Crippen LogP contribution in [0.15, 0.2) is 29.5 Å². The van der Waals surface area contributed by atoms with Crippen molar-refractivity contribution in [2.75, 3.05) is 13.1 Å². The Bertz CT molecular complexity index is 1050. The predicted molar refractivity (Wildman–Crippen MR) is 102 cm³/mol. The first-order valence-electron chi connectivity index (χ1n) is 9.15. The van der Waals surface area contributed by atoms with Crippen molar-refractivity contribution in [3.8, 4) is 0 Å². The molecule has 1 aliphatic heterocycles. The molecule has 142 valence electrons. The van der Waals surface area contributed by atoms with Crippen molar-refractivity contribution in [3.63, 3.8) is 0 Å². The van der Waals surface area contributed by atoms with Crippen LogP contribution in [0.1, 0.15) is 39.7 Å². The molecule has 0 radical (unpaired) electrons. The molecule has 4 rings (SSSR count). The van der Waals surface area contributed by atoms with Crippen LogP contribution in [0.2, 0.25) is 0 Å². The Morgan fingerprint density at radius 3 is 2.67 bits per heavy atom. The number of ether oxygens (including phenoxy) is 1. The van der Waals surface area contributed by atoms with Crippen molar-refractivity contribution in [3.05, 3.63) is 35.0 Å². The second-order valence-electron chi connectivity index (χ2n) is 7.90. The van der Waals surface area contributed by atoms with E-state index in [1.54, 1.807) is 11.1 Å².